The van der Waals surface area contributed by atoms with E-state index in [1.165, 1.54) is 17.6 Å². The molecule has 7 heteroatoms. The highest BCUT2D eigenvalue weighted by atomic mass is 32.2. The summed E-state index contributed by atoms with van der Waals surface area (Å²) in [6, 6.07) is 8.34. The van der Waals surface area contributed by atoms with Crippen LogP contribution in [0.1, 0.15) is 5.69 Å². The lowest BCUT2D eigenvalue weighted by Gasteiger charge is -2.30. The van der Waals surface area contributed by atoms with Gasteiger partial charge in [0, 0.05) is 54.7 Å². The van der Waals surface area contributed by atoms with Crippen molar-refractivity contribution < 1.29 is 4.74 Å². The van der Waals surface area contributed by atoms with Gasteiger partial charge in [-0.05, 0) is 31.2 Å². The fraction of sp³-hybridized carbons (Fsp3) is 0.278. The molecule has 0 bridgehead atoms. The molecule has 1 aliphatic rings. The largest absolute Gasteiger partial charge is 0.378 e. The predicted octanol–water partition coefficient (Wildman–Crippen LogP) is 3.29. The number of ether oxygens (including phenoxy) is 1. The van der Waals surface area contributed by atoms with Crippen molar-refractivity contribution in [3.63, 3.8) is 0 Å². The zero-order valence-electron chi connectivity index (χ0n) is 14.0. The molecule has 0 amide bonds. The summed E-state index contributed by atoms with van der Waals surface area (Å²) in [6.45, 7) is 5.30. The number of aromatic nitrogens is 3. The Morgan fingerprint density at radius 1 is 1.04 bits per heavy atom. The average Bonchev–Trinajstić information content (AvgIpc) is 2.68. The highest BCUT2D eigenvalue weighted by Crippen LogP contribution is 2.33. The predicted molar refractivity (Wildman–Crippen MR) is 101 cm³/mol. The van der Waals surface area contributed by atoms with Gasteiger partial charge < -0.3 is 14.4 Å². The van der Waals surface area contributed by atoms with Crippen LogP contribution in [0.3, 0.4) is 0 Å². The molecule has 0 saturated carbocycles. The lowest BCUT2D eigenvalue weighted by molar-refractivity contribution is 0.123. The summed E-state index contributed by atoms with van der Waals surface area (Å²) in [7, 11) is 0. The first kappa shape index (κ1) is 16.1. The molecule has 3 heterocycles. The van der Waals surface area contributed by atoms with Gasteiger partial charge in [-0.25, -0.2) is 4.98 Å². The summed E-state index contributed by atoms with van der Waals surface area (Å²) in [5.41, 5.74) is 4.04. The molecule has 1 saturated heterocycles. The maximum atomic E-state index is 5.47. The van der Waals surface area contributed by atoms with Crippen molar-refractivity contribution in [1.82, 2.24) is 15.0 Å². The number of hydrogen-bond donors (Lipinski definition) is 1. The first-order valence-corrected chi connectivity index (χ1v) is 9.05. The van der Waals surface area contributed by atoms with Crippen LogP contribution >= 0.6 is 11.9 Å². The molecular formula is C18H19N5OS. The van der Waals surface area contributed by atoms with Crippen molar-refractivity contribution in [2.45, 2.75) is 11.9 Å². The molecule has 1 fully saturated rings. The molecule has 2 aromatic heterocycles. The third-order valence-electron chi connectivity index (χ3n) is 4.19. The van der Waals surface area contributed by atoms with Gasteiger partial charge in [0.1, 0.15) is 5.03 Å². The van der Waals surface area contributed by atoms with Crippen molar-refractivity contribution >= 4 is 34.2 Å². The van der Waals surface area contributed by atoms with Crippen molar-refractivity contribution in [3.8, 4) is 0 Å². The molecule has 25 heavy (non-hydrogen) atoms. The van der Waals surface area contributed by atoms with Gasteiger partial charge in [0.05, 0.1) is 30.1 Å². The van der Waals surface area contributed by atoms with Crippen LogP contribution in [0.2, 0.25) is 0 Å². The minimum Gasteiger partial charge on any atom is -0.378 e. The van der Waals surface area contributed by atoms with Gasteiger partial charge in [-0.1, -0.05) is 0 Å². The Balaban J connectivity index is 1.65. The zero-order valence-corrected chi connectivity index (χ0v) is 14.8. The number of hydrogen-bond acceptors (Lipinski definition) is 7. The monoisotopic (exact) mass is 353 g/mol. The molecule has 128 valence electrons. The number of nitrogens with one attached hydrogen (secondary N) is 1. The molecule has 3 aromatic rings. The van der Waals surface area contributed by atoms with Gasteiger partial charge in [-0.15, -0.1) is 0 Å². The molecular weight excluding hydrogens is 334 g/mol. The number of nitrogens with zero attached hydrogens (tertiary/aromatic N) is 4. The van der Waals surface area contributed by atoms with Crippen molar-refractivity contribution in [3.05, 3.63) is 48.5 Å². The molecule has 6 nitrogen and oxygen atoms in total. The Bertz CT molecular complexity index is 882. The second kappa shape index (κ2) is 7.25. The average molecular weight is 353 g/mol. The van der Waals surface area contributed by atoms with E-state index in [0.29, 0.717) is 0 Å². The number of morpholine rings is 1. The van der Waals surface area contributed by atoms with E-state index in [1.54, 1.807) is 12.4 Å². The first-order chi connectivity index (χ1) is 12.3. The molecule has 1 aromatic carbocycles. The molecule has 4 rings (SSSR count). The lowest BCUT2D eigenvalue weighted by Crippen LogP contribution is -2.36. The van der Waals surface area contributed by atoms with E-state index in [1.807, 2.05) is 19.2 Å². The van der Waals surface area contributed by atoms with E-state index >= 15 is 0 Å². The molecule has 0 unspecified atom stereocenters. The van der Waals surface area contributed by atoms with E-state index in [0.717, 1.165) is 53.6 Å². The second-order valence-corrected chi connectivity index (χ2v) is 6.58. The van der Waals surface area contributed by atoms with E-state index < -0.39 is 0 Å². The van der Waals surface area contributed by atoms with E-state index in [2.05, 4.69) is 42.8 Å². The molecule has 1 N–H and O–H groups in total. The fourth-order valence-electron chi connectivity index (χ4n) is 2.92. The summed E-state index contributed by atoms with van der Waals surface area (Å²) < 4.78 is 8.85. The van der Waals surface area contributed by atoms with E-state index in [-0.39, 0.29) is 0 Å². The van der Waals surface area contributed by atoms with Crippen LogP contribution in [-0.4, -0.2) is 41.3 Å². The van der Waals surface area contributed by atoms with Crippen LogP contribution in [-0.2, 0) is 4.74 Å². The first-order valence-electron chi connectivity index (χ1n) is 8.24. The summed E-state index contributed by atoms with van der Waals surface area (Å²) >= 11 is 1.46. The minimum absolute atomic E-state index is 0.767. The number of rotatable bonds is 4. The zero-order chi connectivity index (χ0) is 17.1. The number of aryl methyl sites for hydroxylation is 1. The topological polar surface area (TPSA) is 63.2 Å². The third kappa shape index (κ3) is 3.38. The normalized spacial score (nSPS) is 14.7. The lowest BCUT2D eigenvalue weighted by atomic mass is 10.1. The van der Waals surface area contributed by atoms with Crippen LogP contribution in [0, 0.1) is 6.92 Å². The van der Waals surface area contributed by atoms with Gasteiger partial charge >= 0.3 is 0 Å². The maximum Gasteiger partial charge on any atom is 0.138 e. The number of pyridine rings is 1. The Morgan fingerprint density at radius 3 is 2.72 bits per heavy atom. The van der Waals surface area contributed by atoms with Gasteiger partial charge in [0.2, 0.25) is 0 Å². The van der Waals surface area contributed by atoms with E-state index in [9.17, 15) is 0 Å². The van der Waals surface area contributed by atoms with Crippen LogP contribution in [0.5, 0.6) is 0 Å². The maximum absolute atomic E-state index is 5.47. The van der Waals surface area contributed by atoms with Gasteiger partial charge in [-0.3, -0.25) is 9.97 Å². The van der Waals surface area contributed by atoms with Crippen LogP contribution in [0.15, 0.2) is 47.9 Å². The third-order valence-corrected chi connectivity index (χ3v) is 5.11. The second-order valence-electron chi connectivity index (χ2n) is 5.78. The van der Waals surface area contributed by atoms with E-state index in [4.69, 9.17) is 4.74 Å². The van der Waals surface area contributed by atoms with Crippen molar-refractivity contribution in [1.29, 1.82) is 0 Å². The van der Waals surface area contributed by atoms with Gasteiger partial charge in [0.25, 0.3) is 0 Å². The van der Waals surface area contributed by atoms with Crippen molar-refractivity contribution in [2.75, 3.05) is 35.9 Å². The Labute approximate surface area is 150 Å². The Kier molecular flexibility index (Phi) is 4.67. The molecule has 0 atom stereocenters. The summed E-state index contributed by atoms with van der Waals surface area (Å²) in [5.74, 6) is 0. The fourth-order valence-corrected chi connectivity index (χ4v) is 3.60. The standard InChI is InChI=1S/C18H19N5OS/c1-13-18(21-8-7-19-13)25-22-15-4-5-16(23-9-11-24-12-10-23)14-3-2-6-20-17(14)15/h2-8,22H,9-12H2,1H3. The molecule has 1 aliphatic heterocycles. The number of anilines is 2. The van der Waals surface area contributed by atoms with Crippen LogP contribution in [0.25, 0.3) is 10.9 Å². The Hall–Kier alpha value is -2.38. The summed E-state index contributed by atoms with van der Waals surface area (Å²) in [4.78, 5) is 15.6. The van der Waals surface area contributed by atoms with Crippen LogP contribution in [0.4, 0.5) is 11.4 Å². The number of benzene rings is 1. The quantitative estimate of drug-likeness (QED) is 0.722. The van der Waals surface area contributed by atoms with Crippen LogP contribution < -0.4 is 9.62 Å². The summed E-state index contributed by atoms with van der Waals surface area (Å²) in [5, 5.41) is 2.01. The van der Waals surface area contributed by atoms with Gasteiger partial charge in [0.15, 0.2) is 0 Å². The molecule has 0 aliphatic carbocycles. The van der Waals surface area contributed by atoms with Crippen molar-refractivity contribution in [2.24, 2.45) is 0 Å². The van der Waals surface area contributed by atoms with Gasteiger partial charge in [-0.2, -0.15) is 0 Å². The minimum atomic E-state index is 0.767. The summed E-state index contributed by atoms with van der Waals surface area (Å²) in [6.07, 6.45) is 5.23. The molecule has 0 radical (unpaired) electrons. The smallest absolute Gasteiger partial charge is 0.138 e. The highest BCUT2D eigenvalue weighted by Gasteiger charge is 2.16. The SMILES string of the molecule is Cc1nccnc1SNc1ccc(N2CCOCC2)c2cccnc12. The molecule has 0 spiro atoms. The number of fused-ring (bicyclic) bond motifs is 1. The Morgan fingerprint density at radius 2 is 1.88 bits per heavy atom. The highest BCUT2D eigenvalue weighted by molar-refractivity contribution is 8.00.